The molecule has 0 aromatic carbocycles. The van der Waals surface area contributed by atoms with Crippen LogP contribution in [-0.2, 0) is 18.6 Å². The van der Waals surface area contributed by atoms with E-state index in [-0.39, 0.29) is 5.91 Å². The molecule has 0 atom stereocenters. The molecule has 0 radical (unpaired) electrons. The Morgan fingerprint density at radius 1 is 1.29 bits per heavy atom. The molecule has 0 bridgehead atoms. The highest BCUT2D eigenvalue weighted by Gasteiger charge is 2.10. The molecule has 0 amide bonds. The highest BCUT2D eigenvalue weighted by molar-refractivity contribution is 6.28. The summed E-state index contributed by atoms with van der Waals surface area (Å²) in [4.78, 5) is 0. The van der Waals surface area contributed by atoms with Gasteiger partial charge in [0.2, 0.25) is 0 Å². The van der Waals surface area contributed by atoms with Crippen molar-refractivity contribution in [2.45, 2.75) is 26.7 Å². The first-order valence-corrected chi connectivity index (χ1v) is 6.24. The van der Waals surface area contributed by atoms with Crippen LogP contribution < -0.4 is 0 Å². The summed E-state index contributed by atoms with van der Waals surface area (Å²) in [6, 6.07) is 0. The fourth-order valence-electron chi connectivity index (χ4n) is 0.926. The van der Waals surface area contributed by atoms with E-state index in [0.717, 1.165) is 0 Å². The van der Waals surface area contributed by atoms with E-state index in [1.807, 2.05) is 20.8 Å². The molecule has 0 unspecified atom stereocenters. The van der Waals surface area contributed by atoms with Gasteiger partial charge in [0, 0.05) is 13.2 Å². The van der Waals surface area contributed by atoms with Crippen LogP contribution in [0.25, 0.3) is 0 Å². The Bertz CT molecular complexity index is 155. The summed E-state index contributed by atoms with van der Waals surface area (Å²) in [5.41, 5.74) is 0. The summed E-state index contributed by atoms with van der Waals surface area (Å²) in [6.07, 6.45) is 1.78. The fourth-order valence-corrected chi connectivity index (χ4v) is 2.18. The maximum atomic E-state index is 5.44. The van der Waals surface area contributed by atoms with E-state index in [2.05, 4.69) is 0 Å². The Hall–Kier alpha value is -0.523. The zero-order valence-corrected chi connectivity index (χ0v) is 10.8. The molecule has 0 aromatic heterocycles. The van der Waals surface area contributed by atoms with Crippen molar-refractivity contribution < 1.29 is 18.6 Å². The molecule has 4 nitrogen and oxygen atoms in total. The van der Waals surface area contributed by atoms with Gasteiger partial charge in [-0.25, -0.2) is 0 Å². The number of rotatable bonds is 8. The minimum atomic E-state index is -0.904. The minimum Gasteiger partial charge on any atom is -0.519 e. The van der Waals surface area contributed by atoms with E-state index in [1.54, 1.807) is 13.2 Å². The SMILES string of the molecule is CC=C(OC)O[SiH2]C(OCC)OCC. The number of methoxy groups -OCH3 is 1. The largest absolute Gasteiger partial charge is 0.519 e. The topological polar surface area (TPSA) is 36.9 Å². The van der Waals surface area contributed by atoms with Crippen LogP contribution in [0.2, 0.25) is 0 Å². The second-order valence-corrected chi connectivity index (χ2v) is 3.75. The molecule has 0 saturated heterocycles. The molecule has 0 rings (SSSR count). The van der Waals surface area contributed by atoms with Crippen molar-refractivity contribution in [2.75, 3.05) is 20.3 Å². The Kier molecular flexibility index (Phi) is 8.71. The molecule has 84 valence electrons. The molecule has 0 aliphatic rings. The quantitative estimate of drug-likeness (QED) is 0.347. The monoisotopic (exact) mass is 220 g/mol. The summed E-state index contributed by atoms with van der Waals surface area (Å²) >= 11 is 0. The third-order valence-corrected chi connectivity index (χ3v) is 2.70. The van der Waals surface area contributed by atoms with E-state index in [9.17, 15) is 0 Å². The first kappa shape index (κ1) is 13.5. The second-order valence-electron chi connectivity index (χ2n) is 2.46. The maximum Gasteiger partial charge on any atom is 0.282 e. The van der Waals surface area contributed by atoms with Gasteiger partial charge < -0.3 is 18.6 Å². The molecule has 0 heterocycles. The lowest BCUT2D eigenvalue weighted by molar-refractivity contribution is -0.0904. The van der Waals surface area contributed by atoms with E-state index in [4.69, 9.17) is 18.6 Å². The van der Waals surface area contributed by atoms with Crippen molar-refractivity contribution in [2.24, 2.45) is 0 Å². The normalized spacial score (nSPS) is 12.8. The van der Waals surface area contributed by atoms with Gasteiger partial charge >= 0.3 is 0 Å². The van der Waals surface area contributed by atoms with Crippen LogP contribution in [0.15, 0.2) is 12.0 Å². The highest BCUT2D eigenvalue weighted by atomic mass is 28.2. The zero-order chi connectivity index (χ0) is 10.8. The number of allylic oxidation sites excluding steroid dienone is 1. The molecule has 14 heavy (non-hydrogen) atoms. The van der Waals surface area contributed by atoms with Gasteiger partial charge in [0.1, 0.15) is 0 Å². The molecule has 5 heteroatoms. The van der Waals surface area contributed by atoms with Gasteiger partial charge in [0.25, 0.3) is 15.7 Å². The van der Waals surface area contributed by atoms with Gasteiger partial charge in [-0.05, 0) is 26.8 Å². The Morgan fingerprint density at radius 3 is 2.21 bits per heavy atom. The molecule has 0 saturated carbocycles. The lowest BCUT2D eigenvalue weighted by Gasteiger charge is -2.17. The number of ether oxygens (including phenoxy) is 3. The molecule has 0 aliphatic carbocycles. The highest BCUT2D eigenvalue weighted by Crippen LogP contribution is 2.00. The molecule has 0 aromatic rings. The second kappa shape index (κ2) is 9.05. The van der Waals surface area contributed by atoms with Crippen molar-refractivity contribution in [1.82, 2.24) is 0 Å². The summed E-state index contributed by atoms with van der Waals surface area (Å²) in [7, 11) is 0.680. The van der Waals surface area contributed by atoms with Crippen LogP contribution in [0.5, 0.6) is 0 Å². The van der Waals surface area contributed by atoms with Crippen molar-refractivity contribution in [3.8, 4) is 0 Å². The number of hydrogen-bond donors (Lipinski definition) is 0. The van der Waals surface area contributed by atoms with Crippen LogP contribution in [0.1, 0.15) is 20.8 Å². The van der Waals surface area contributed by atoms with Gasteiger partial charge in [0.15, 0.2) is 5.91 Å². The smallest absolute Gasteiger partial charge is 0.282 e. The molecule has 0 aliphatic heterocycles. The standard InChI is InChI=1S/C9H20O4Si/c1-5-8(10-4)13-14-9(11-6-2)12-7-3/h5,9H,6-7,14H2,1-4H3. The van der Waals surface area contributed by atoms with Crippen LogP contribution in [0.4, 0.5) is 0 Å². The predicted molar refractivity (Wildman–Crippen MR) is 57.4 cm³/mol. The molecule has 0 spiro atoms. The van der Waals surface area contributed by atoms with Gasteiger partial charge in [-0.1, -0.05) is 0 Å². The van der Waals surface area contributed by atoms with Crippen molar-refractivity contribution in [3.63, 3.8) is 0 Å². The fraction of sp³-hybridized carbons (Fsp3) is 0.778. The number of hydrogen-bond acceptors (Lipinski definition) is 4. The van der Waals surface area contributed by atoms with E-state index < -0.39 is 9.76 Å². The first-order chi connectivity index (χ1) is 6.78. The first-order valence-electron chi connectivity index (χ1n) is 4.84. The van der Waals surface area contributed by atoms with Crippen molar-refractivity contribution >= 4 is 9.76 Å². The Labute approximate surface area is 88.1 Å². The van der Waals surface area contributed by atoms with E-state index in [0.29, 0.717) is 19.2 Å². The van der Waals surface area contributed by atoms with Gasteiger partial charge in [-0.2, -0.15) is 0 Å². The Morgan fingerprint density at radius 2 is 1.86 bits per heavy atom. The molecular weight excluding hydrogens is 200 g/mol. The van der Waals surface area contributed by atoms with Gasteiger partial charge in [-0.15, -0.1) is 0 Å². The van der Waals surface area contributed by atoms with Crippen LogP contribution in [-0.4, -0.2) is 36.0 Å². The summed E-state index contributed by atoms with van der Waals surface area (Å²) in [6.45, 7) is 7.02. The van der Waals surface area contributed by atoms with Crippen molar-refractivity contribution in [3.05, 3.63) is 12.0 Å². The lowest BCUT2D eigenvalue weighted by Crippen LogP contribution is -2.26. The molecule has 0 fully saturated rings. The van der Waals surface area contributed by atoms with E-state index in [1.165, 1.54) is 0 Å². The summed E-state index contributed by atoms with van der Waals surface area (Å²) in [5, 5.41) is 0. The minimum absolute atomic E-state index is 0.185. The predicted octanol–water partition coefficient (Wildman–Crippen LogP) is 0.951. The molecule has 0 N–H and O–H groups in total. The van der Waals surface area contributed by atoms with Crippen LogP contribution >= 0.6 is 0 Å². The van der Waals surface area contributed by atoms with Gasteiger partial charge in [-0.3, -0.25) is 0 Å². The summed E-state index contributed by atoms with van der Waals surface area (Å²) < 4.78 is 21.1. The Balaban J connectivity index is 3.79. The average Bonchev–Trinajstić information content (AvgIpc) is 2.20. The van der Waals surface area contributed by atoms with Crippen molar-refractivity contribution in [1.29, 1.82) is 0 Å². The zero-order valence-electron chi connectivity index (χ0n) is 9.41. The molecular formula is C9H20O4Si. The summed E-state index contributed by atoms with van der Waals surface area (Å²) in [5.74, 6) is 0.358. The van der Waals surface area contributed by atoms with E-state index >= 15 is 0 Å². The third-order valence-electron chi connectivity index (χ3n) is 1.50. The van der Waals surface area contributed by atoms with Crippen LogP contribution in [0.3, 0.4) is 0 Å². The third kappa shape index (κ3) is 6.01. The maximum absolute atomic E-state index is 5.44. The van der Waals surface area contributed by atoms with Crippen LogP contribution in [0, 0.1) is 0 Å². The van der Waals surface area contributed by atoms with Gasteiger partial charge in [0.05, 0.1) is 7.11 Å². The lowest BCUT2D eigenvalue weighted by atomic mass is 10.7. The average molecular weight is 220 g/mol.